The van der Waals surface area contributed by atoms with Crippen molar-refractivity contribution in [1.82, 2.24) is 4.90 Å². The fraction of sp³-hybridized carbons (Fsp3) is 0.318. The average Bonchev–Trinajstić information content (AvgIpc) is 2.98. The van der Waals surface area contributed by atoms with Crippen LogP contribution in [-0.4, -0.2) is 22.6 Å². The topological polar surface area (TPSA) is 29.5 Å². The van der Waals surface area contributed by atoms with E-state index in [0.29, 0.717) is 22.9 Å². The van der Waals surface area contributed by atoms with Gasteiger partial charge in [0.2, 0.25) is 0 Å². The summed E-state index contributed by atoms with van der Waals surface area (Å²) in [6.07, 6.45) is -5.74. The van der Waals surface area contributed by atoms with Crippen LogP contribution in [0.1, 0.15) is 47.8 Å². The van der Waals surface area contributed by atoms with E-state index in [-0.39, 0.29) is 23.8 Å². The van der Waals surface area contributed by atoms with Gasteiger partial charge in [-0.25, -0.2) is 0 Å². The molecule has 8 heteroatoms. The standard InChI is InChI=1S/C22H18F5NO2/c1-12-18(28-11-13-6-4-5-7-15(13)19(28)29)16-10-14(21(23,24)22(25,26)27)8-9-17(16)30-20(12,2)3/h4-10H,11H2,1-3H3. The molecule has 0 saturated heterocycles. The highest BCUT2D eigenvalue weighted by Gasteiger charge is 2.59. The van der Waals surface area contributed by atoms with Crippen molar-refractivity contribution in [2.24, 2.45) is 0 Å². The molecule has 0 N–H and O–H groups in total. The van der Waals surface area contributed by atoms with Gasteiger partial charge in [-0.2, -0.15) is 22.0 Å². The number of nitrogens with zero attached hydrogens (tertiary/aromatic N) is 1. The second-order valence-electron chi connectivity index (χ2n) is 7.92. The number of fused-ring (bicyclic) bond motifs is 2. The van der Waals surface area contributed by atoms with Crippen molar-refractivity contribution in [2.45, 2.75) is 45.0 Å². The molecule has 1 amide bonds. The van der Waals surface area contributed by atoms with Gasteiger partial charge in [0.25, 0.3) is 5.91 Å². The van der Waals surface area contributed by atoms with Crippen LogP contribution in [-0.2, 0) is 12.5 Å². The van der Waals surface area contributed by atoms with Crippen molar-refractivity contribution in [3.63, 3.8) is 0 Å². The molecule has 3 nitrogen and oxygen atoms in total. The number of alkyl halides is 5. The Morgan fingerprint density at radius 1 is 1.00 bits per heavy atom. The van der Waals surface area contributed by atoms with Gasteiger partial charge < -0.3 is 9.64 Å². The lowest BCUT2D eigenvalue weighted by Gasteiger charge is -2.38. The van der Waals surface area contributed by atoms with E-state index in [1.165, 1.54) is 4.90 Å². The summed E-state index contributed by atoms with van der Waals surface area (Å²) in [4.78, 5) is 14.4. The van der Waals surface area contributed by atoms with Gasteiger partial charge in [-0.15, -0.1) is 0 Å². The first kappa shape index (κ1) is 20.4. The second-order valence-corrected chi connectivity index (χ2v) is 7.92. The molecule has 0 fully saturated rings. The summed E-state index contributed by atoms with van der Waals surface area (Å²) in [7, 11) is 0. The molecule has 2 aliphatic rings. The minimum absolute atomic E-state index is 0.0365. The van der Waals surface area contributed by atoms with Gasteiger partial charge in [0, 0.05) is 16.7 Å². The number of carbonyl (C=O) groups excluding carboxylic acids is 1. The maximum absolute atomic E-state index is 14.0. The van der Waals surface area contributed by atoms with Crippen LogP contribution in [0.4, 0.5) is 22.0 Å². The quantitative estimate of drug-likeness (QED) is 0.563. The lowest BCUT2D eigenvalue weighted by atomic mass is 9.88. The van der Waals surface area contributed by atoms with Gasteiger partial charge in [0.15, 0.2) is 0 Å². The molecule has 2 aliphatic heterocycles. The molecule has 0 aliphatic carbocycles. The smallest absolute Gasteiger partial charge is 0.458 e. The molecule has 4 rings (SSSR count). The van der Waals surface area contributed by atoms with Gasteiger partial charge in [-0.1, -0.05) is 18.2 Å². The molecule has 2 aromatic carbocycles. The fourth-order valence-electron chi connectivity index (χ4n) is 3.78. The van der Waals surface area contributed by atoms with E-state index in [4.69, 9.17) is 4.74 Å². The summed E-state index contributed by atoms with van der Waals surface area (Å²) >= 11 is 0. The van der Waals surface area contributed by atoms with E-state index >= 15 is 0 Å². The van der Waals surface area contributed by atoms with Gasteiger partial charge in [0.05, 0.1) is 12.2 Å². The van der Waals surface area contributed by atoms with Crippen molar-refractivity contribution < 1.29 is 31.5 Å². The molecule has 0 unspecified atom stereocenters. The Kier molecular flexibility index (Phi) is 4.28. The molecule has 0 atom stereocenters. The number of halogens is 5. The summed E-state index contributed by atoms with van der Waals surface area (Å²) < 4.78 is 72.7. The highest BCUT2D eigenvalue weighted by molar-refractivity contribution is 6.04. The first-order chi connectivity index (χ1) is 13.8. The van der Waals surface area contributed by atoms with Crippen LogP contribution >= 0.6 is 0 Å². The Bertz CT molecular complexity index is 1090. The van der Waals surface area contributed by atoms with E-state index in [2.05, 4.69) is 0 Å². The third kappa shape index (κ3) is 2.88. The van der Waals surface area contributed by atoms with E-state index in [1.54, 1.807) is 45.0 Å². The Labute approximate surface area is 169 Å². The van der Waals surface area contributed by atoms with Crippen LogP contribution in [0.5, 0.6) is 5.75 Å². The van der Waals surface area contributed by atoms with Crippen LogP contribution in [0.15, 0.2) is 48.0 Å². The lowest BCUT2D eigenvalue weighted by molar-refractivity contribution is -0.289. The molecule has 2 aromatic rings. The van der Waals surface area contributed by atoms with Crippen LogP contribution in [0, 0.1) is 0 Å². The highest BCUT2D eigenvalue weighted by atomic mass is 19.4. The molecule has 0 aromatic heterocycles. The number of amides is 1. The first-order valence-corrected chi connectivity index (χ1v) is 9.24. The number of rotatable bonds is 2. The zero-order valence-electron chi connectivity index (χ0n) is 16.4. The zero-order valence-corrected chi connectivity index (χ0v) is 16.4. The Hall–Kier alpha value is -2.90. The maximum Gasteiger partial charge on any atom is 0.458 e. The maximum atomic E-state index is 14.0. The van der Waals surface area contributed by atoms with Crippen molar-refractivity contribution in [2.75, 3.05) is 0 Å². The molecular weight excluding hydrogens is 405 g/mol. The molecule has 30 heavy (non-hydrogen) atoms. The summed E-state index contributed by atoms with van der Waals surface area (Å²) in [5.41, 5.74) is 0.0310. The summed E-state index contributed by atoms with van der Waals surface area (Å²) in [5, 5.41) is 0. The summed E-state index contributed by atoms with van der Waals surface area (Å²) in [6.45, 7) is 5.37. The predicted molar refractivity (Wildman–Crippen MR) is 100 cm³/mol. The highest BCUT2D eigenvalue weighted by Crippen LogP contribution is 2.49. The molecular formula is C22H18F5NO2. The lowest BCUT2D eigenvalue weighted by Crippen LogP contribution is -2.38. The molecule has 0 bridgehead atoms. The number of hydrogen-bond acceptors (Lipinski definition) is 2. The minimum atomic E-state index is -5.74. The van der Waals surface area contributed by atoms with E-state index in [1.807, 2.05) is 0 Å². The van der Waals surface area contributed by atoms with Crippen molar-refractivity contribution in [3.05, 3.63) is 70.3 Å². The number of ether oxygens (including phenoxy) is 1. The van der Waals surface area contributed by atoms with Gasteiger partial charge >= 0.3 is 12.1 Å². The number of hydrogen-bond donors (Lipinski definition) is 0. The summed E-state index contributed by atoms with van der Waals surface area (Å²) in [6, 6.07) is 9.52. The molecule has 0 radical (unpaired) electrons. The Balaban J connectivity index is 1.89. The van der Waals surface area contributed by atoms with E-state index in [0.717, 1.165) is 17.7 Å². The third-order valence-corrected chi connectivity index (χ3v) is 5.67. The number of benzene rings is 2. The average molecular weight is 423 g/mol. The van der Waals surface area contributed by atoms with E-state index < -0.39 is 23.3 Å². The normalized spacial score (nSPS) is 18.3. The largest absolute Gasteiger partial charge is 0.483 e. The molecule has 2 heterocycles. The molecule has 0 spiro atoms. The SMILES string of the molecule is CC1=C(N2Cc3ccccc3C2=O)c2cc(C(F)(F)C(F)(F)F)ccc2OC1(C)C. The second kappa shape index (κ2) is 6.30. The van der Waals surface area contributed by atoms with Crippen molar-refractivity contribution in [1.29, 1.82) is 0 Å². The Morgan fingerprint density at radius 3 is 2.30 bits per heavy atom. The van der Waals surface area contributed by atoms with Gasteiger partial charge in [-0.3, -0.25) is 4.79 Å². The molecule has 0 saturated carbocycles. The minimum Gasteiger partial charge on any atom is -0.483 e. The van der Waals surface area contributed by atoms with Crippen LogP contribution in [0.3, 0.4) is 0 Å². The van der Waals surface area contributed by atoms with E-state index in [9.17, 15) is 26.7 Å². The Morgan fingerprint density at radius 2 is 1.67 bits per heavy atom. The van der Waals surface area contributed by atoms with Gasteiger partial charge in [-0.05, 0) is 56.2 Å². The summed E-state index contributed by atoms with van der Waals surface area (Å²) in [5.74, 6) is -5.23. The first-order valence-electron chi connectivity index (χ1n) is 9.24. The van der Waals surface area contributed by atoms with Crippen molar-refractivity contribution >= 4 is 11.6 Å². The third-order valence-electron chi connectivity index (χ3n) is 5.67. The molecule has 158 valence electrons. The van der Waals surface area contributed by atoms with Crippen LogP contribution in [0.25, 0.3) is 5.70 Å². The van der Waals surface area contributed by atoms with Crippen LogP contribution in [0.2, 0.25) is 0 Å². The fourth-order valence-corrected chi connectivity index (χ4v) is 3.78. The monoisotopic (exact) mass is 423 g/mol. The zero-order chi connectivity index (χ0) is 22.1. The van der Waals surface area contributed by atoms with Crippen LogP contribution < -0.4 is 4.74 Å². The van der Waals surface area contributed by atoms with Gasteiger partial charge in [0.1, 0.15) is 11.4 Å². The van der Waals surface area contributed by atoms with Crippen molar-refractivity contribution in [3.8, 4) is 5.75 Å². The predicted octanol–water partition coefficient (Wildman–Crippen LogP) is 5.90. The number of carbonyl (C=O) groups is 1.